The van der Waals surface area contributed by atoms with Crippen molar-refractivity contribution in [3.05, 3.63) is 33.9 Å². The second-order valence-corrected chi connectivity index (χ2v) is 23.8. The summed E-state index contributed by atoms with van der Waals surface area (Å²) in [6.07, 6.45) is 38.9. The summed E-state index contributed by atoms with van der Waals surface area (Å²) >= 11 is 0. The fraction of sp³-hybridized carbons (Fsp3) is 0.783. The Balaban J connectivity index is 1.75. The summed E-state index contributed by atoms with van der Waals surface area (Å²) in [5.41, 5.74) is 2.56. The lowest BCUT2D eigenvalue weighted by atomic mass is 9.94. The van der Waals surface area contributed by atoms with Crippen molar-refractivity contribution in [1.82, 2.24) is 0 Å². The minimum atomic E-state index is -1.18. The summed E-state index contributed by atoms with van der Waals surface area (Å²) < 4.78 is 48.7. The molecule has 0 saturated carbocycles. The molecule has 16 nitrogen and oxygen atoms in total. The molecule has 486 valence electrons. The second-order valence-electron chi connectivity index (χ2n) is 23.8. The maximum absolute atomic E-state index is 13.2. The normalized spacial score (nSPS) is 12.8. The summed E-state index contributed by atoms with van der Waals surface area (Å²) in [7, 11) is 2.80. The number of fused-ring (bicyclic) bond motifs is 1. The van der Waals surface area contributed by atoms with Crippen LogP contribution in [0.4, 0.5) is 4.79 Å². The lowest BCUT2D eigenvalue weighted by Gasteiger charge is -2.19. The molecule has 16 heteroatoms. The molecular weight excluding hydrogens is 1080 g/mol. The van der Waals surface area contributed by atoms with Gasteiger partial charge >= 0.3 is 42.0 Å². The van der Waals surface area contributed by atoms with Gasteiger partial charge in [-0.25, -0.2) is 9.59 Å². The minimum Gasteiger partial charge on any atom is -0.496 e. The number of carbonyl (C=O) groups is 7. The average molecular weight is 1200 g/mol. The number of carbonyl (C=O) groups excluding carboxylic acids is 7. The van der Waals surface area contributed by atoms with Crippen LogP contribution in [-0.2, 0) is 70.2 Å². The molecule has 2 atom stereocenters. The summed E-state index contributed by atoms with van der Waals surface area (Å²) in [6.45, 7) is 10.9. The zero-order chi connectivity index (χ0) is 62.3. The third-order valence-corrected chi connectivity index (χ3v) is 16.2. The maximum atomic E-state index is 13.2. The van der Waals surface area contributed by atoms with E-state index in [1.165, 1.54) is 143 Å². The number of hydrogen-bond acceptors (Lipinski definition) is 16. The first-order valence-electron chi connectivity index (χ1n) is 33.3. The number of unbranched alkanes of at least 4 members (excludes halogenated alkanes) is 28. The molecule has 2 rings (SSSR count). The molecule has 0 saturated heterocycles. The highest BCUT2D eigenvalue weighted by Gasteiger charge is 2.35. The van der Waals surface area contributed by atoms with E-state index < -0.39 is 42.9 Å². The van der Waals surface area contributed by atoms with E-state index in [1.807, 2.05) is 19.9 Å². The van der Waals surface area contributed by atoms with E-state index in [1.54, 1.807) is 13.8 Å². The fourth-order valence-corrected chi connectivity index (χ4v) is 10.7. The predicted molar refractivity (Wildman–Crippen MR) is 331 cm³/mol. The Kier molecular flexibility index (Phi) is 43.7. The molecule has 0 aliphatic carbocycles. The molecular formula is C69H114O16. The number of rotatable bonds is 53. The summed E-state index contributed by atoms with van der Waals surface area (Å²) in [4.78, 5) is 89.2. The van der Waals surface area contributed by atoms with E-state index in [0.29, 0.717) is 48.1 Å². The number of benzene rings is 1. The van der Waals surface area contributed by atoms with Crippen LogP contribution in [0.15, 0.2) is 11.6 Å². The van der Waals surface area contributed by atoms with Crippen LogP contribution in [0.2, 0.25) is 0 Å². The van der Waals surface area contributed by atoms with Gasteiger partial charge in [-0.05, 0) is 57.4 Å². The molecule has 1 aromatic rings. The van der Waals surface area contributed by atoms with Gasteiger partial charge in [-0.2, -0.15) is 0 Å². The Hall–Kier alpha value is -5.15. The summed E-state index contributed by atoms with van der Waals surface area (Å²) in [5, 5.41) is 0. The molecule has 1 aliphatic heterocycles. The Morgan fingerprint density at radius 1 is 0.541 bits per heavy atom. The van der Waals surface area contributed by atoms with Gasteiger partial charge < -0.3 is 42.6 Å². The smallest absolute Gasteiger partial charge is 0.496 e. The molecule has 1 heterocycles. The van der Waals surface area contributed by atoms with E-state index in [0.717, 1.165) is 82.6 Å². The average Bonchev–Trinajstić information content (AvgIpc) is 3.28. The van der Waals surface area contributed by atoms with E-state index in [-0.39, 0.29) is 74.2 Å². The quantitative estimate of drug-likeness (QED) is 0.0149. The summed E-state index contributed by atoms with van der Waals surface area (Å²) in [5.74, 6) is -2.68. The number of ether oxygens (including phenoxy) is 9. The van der Waals surface area contributed by atoms with Crippen LogP contribution in [0.1, 0.15) is 306 Å². The molecule has 0 aromatic heterocycles. The molecule has 0 N–H and O–H groups in total. The van der Waals surface area contributed by atoms with Crippen LogP contribution in [0, 0.1) is 18.8 Å². The number of cyclic esters (lactones) is 1. The van der Waals surface area contributed by atoms with Gasteiger partial charge in [-0.15, -0.1) is 0 Å². The van der Waals surface area contributed by atoms with Crippen molar-refractivity contribution in [1.29, 1.82) is 0 Å². The molecule has 0 fully saturated rings. The number of allylic oxidation sites excluding steroid dienone is 2. The van der Waals surface area contributed by atoms with Crippen LogP contribution in [0.3, 0.4) is 0 Å². The highest BCUT2D eigenvalue weighted by molar-refractivity contribution is 5.99. The molecule has 0 spiro atoms. The van der Waals surface area contributed by atoms with Crippen LogP contribution in [-0.4, -0.2) is 82.3 Å². The SMILES string of the molecule is CCCCCCCCCCCCCCCC(=O)OCC(COC(=O)CCCCCCCCCCCCCCC)OC(=O)CC(C)CCCCCCCC(C)C(=O)OCOC(=O)Oc1c(C/C=C(\C)CCC(=O)OC)c(OC)c(C)c2c1C(=O)OC2. The molecule has 85 heavy (non-hydrogen) atoms. The Labute approximate surface area is 512 Å². The molecule has 1 aromatic carbocycles. The second kappa shape index (κ2) is 48.9. The van der Waals surface area contributed by atoms with Gasteiger partial charge in [0.05, 0.1) is 20.1 Å². The Morgan fingerprint density at radius 2 is 1.01 bits per heavy atom. The van der Waals surface area contributed by atoms with Gasteiger partial charge in [0.1, 0.15) is 31.1 Å². The first kappa shape index (κ1) is 75.9. The van der Waals surface area contributed by atoms with Crippen LogP contribution >= 0.6 is 0 Å². The van der Waals surface area contributed by atoms with Gasteiger partial charge in [0, 0.05) is 36.8 Å². The van der Waals surface area contributed by atoms with Crippen molar-refractivity contribution < 1.29 is 76.2 Å². The Bertz CT molecular complexity index is 2030. The van der Waals surface area contributed by atoms with Crippen molar-refractivity contribution in [2.45, 2.75) is 305 Å². The van der Waals surface area contributed by atoms with Gasteiger partial charge in [0.25, 0.3) is 0 Å². The van der Waals surface area contributed by atoms with Crippen molar-refractivity contribution in [3.8, 4) is 11.5 Å². The van der Waals surface area contributed by atoms with Crippen LogP contribution < -0.4 is 9.47 Å². The summed E-state index contributed by atoms with van der Waals surface area (Å²) in [6, 6.07) is 0. The first-order valence-corrected chi connectivity index (χ1v) is 33.3. The lowest BCUT2D eigenvalue weighted by Crippen LogP contribution is -2.31. The van der Waals surface area contributed by atoms with E-state index in [2.05, 4.69) is 13.8 Å². The highest BCUT2D eigenvalue weighted by atomic mass is 16.8. The monoisotopic (exact) mass is 1200 g/mol. The fourth-order valence-electron chi connectivity index (χ4n) is 10.7. The highest BCUT2D eigenvalue weighted by Crippen LogP contribution is 2.43. The largest absolute Gasteiger partial charge is 0.516 e. The van der Waals surface area contributed by atoms with Crippen molar-refractivity contribution in [2.24, 2.45) is 11.8 Å². The molecule has 0 bridgehead atoms. The molecule has 2 unspecified atom stereocenters. The third-order valence-electron chi connectivity index (χ3n) is 16.2. The number of methoxy groups -OCH3 is 2. The maximum Gasteiger partial charge on any atom is 0.516 e. The zero-order valence-electron chi connectivity index (χ0n) is 54.2. The minimum absolute atomic E-state index is 0.0195. The van der Waals surface area contributed by atoms with Gasteiger partial charge in [-0.1, -0.05) is 232 Å². The van der Waals surface area contributed by atoms with Crippen LogP contribution in [0.25, 0.3) is 0 Å². The zero-order valence-corrected chi connectivity index (χ0v) is 54.2. The number of esters is 6. The van der Waals surface area contributed by atoms with Crippen molar-refractivity contribution in [2.75, 3.05) is 34.2 Å². The number of hydrogen-bond donors (Lipinski definition) is 0. The predicted octanol–water partition coefficient (Wildman–Crippen LogP) is 17.5. The Morgan fingerprint density at radius 3 is 1.49 bits per heavy atom. The van der Waals surface area contributed by atoms with Crippen molar-refractivity contribution in [3.63, 3.8) is 0 Å². The van der Waals surface area contributed by atoms with E-state index >= 15 is 0 Å². The first-order chi connectivity index (χ1) is 41.1. The van der Waals surface area contributed by atoms with Gasteiger partial charge in [-0.3, -0.25) is 24.0 Å². The van der Waals surface area contributed by atoms with Gasteiger partial charge in [0.2, 0.25) is 6.79 Å². The molecule has 0 amide bonds. The topological polar surface area (TPSA) is 203 Å². The van der Waals surface area contributed by atoms with E-state index in [4.69, 9.17) is 42.6 Å². The molecule has 1 aliphatic rings. The van der Waals surface area contributed by atoms with Crippen LogP contribution in [0.5, 0.6) is 11.5 Å². The standard InChI is InChI=1S/C69H114O16/c1-9-11-13-15-17-19-21-23-25-27-29-34-38-42-61(71)79-49-57(50-80-62(72)43-39-35-30-28-26-24-22-20-18-16-14-12-10-2)84-63(73)48-54(4)40-36-32-31-33-37-41-55(5)67(74)82-52-83-69(76)85-66-58(46-44-53(3)45-47-60(70)77-7)65(78-8)56(6)59-51-81-68(75)64(59)66/h44,54-55,57H,9-43,45-52H2,1-8H3/b53-44+. The van der Waals surface area contributed by atoms with E-state index in [9.17, 15) is 33.6 Å². The third kappa shape index (κ3) is 35.9. The van der Waals surface area contributed by atoms with Gasteiger partial charge in [0.15, 0.2) is 11.9 Å². The molecule has 0 radical (unpaired) electrons. The van der Waals surface area contributed by atoms with Crippen molar-refractivity contribution >= 4 is 42.0 Å². The lowest BCUT2D eigenvalue weighted by molar-refractivity contribution is -0.167.